The molecule has 98 valence electrons. The molecule has 0 saturated carbocycles. The van der Waals surface area contributed by atoms with Gasteiger partial charge in [-0.1, -0.05) is 23.8 Å². The largest absolute Gasteiger partial charge is 0.481 e. The molecule has 0 radical (unpaired) electrons. The van der Waals surface area contributed by atoms with E-state index >= 15 is 0 Å². The first-order valence-corrected chi connectivity index (χ1v) is 6.18. The van der Waals surface area contributed by atoms with E-state index in [9.17, 15) is 9.59 Å². The summed E-state index contributed by atoms with van der Waals surface area (Å²) in [6, 6.07) is -0.270. The molecule has 0 aromatic rings. The summed E-state index contributed by atoms with van der Waals surface area (Å²) >= 11 is 0. The molecule has 0 fully saturated rings. The summed E-state index contributed by atoms with van der Waals surface area (Å²) in [6.07, 6.45) is 6.89. The molecule has 2 N–H and O–H groups in total. The lowest BCUT2D eigenvalue weighted by Crippen LogP contribution is -2.46. The summed E-state index contributed by atoms with van der Waals surface area (Å²) < 4.78 is 0. The number of carbonyl (C=O) groups excluding carboxylic acids is 1. The topological polar surface area (TPSA) is 69.6 Å². The number of carbonyl (C=O) groups is 2. The molecule has 2 amide bonds. The van der Waals surface area contributed by atoms with Gasteiger partial charge in [-0.25, -0.2) is 4.79 Å². The third-order valence-electron chi connectivity index (χ3n) is 3.33. The van der Waals surface area contributed by atoms with E-state index < -0.39 is 11.9 Å². The molecule has 5 nitrogen and oxygen atoms in total. The lowest BCUT2D eigenvalue weighted by atomic mass is 10.1. The van der Waals surface area contributed by atoms with Gasteiger partial charge in [-0.15, -0.1) is 0 Å². The summed E-state index contributed by atoms with van der Waals surface area (Å²) in [6.45, 7) is 3.39. The first kappa shape index (κ1) is 12.7. The van der Waals surface area contributed by atoms with Gasteiger partial charge < -0.3 is 15.3 Å². The number of urea groups is 1. The van der Waals surface area contributed by atoms with Crippen molar-refractivity contribution in [3.63, 3.8) is 0 Å². The summed E-state index contributed by atoms with van der Waals surface area (Å²) in [5.41, 5.74) is 1.20. The van der Waals surface area contributed by atoms with Crippen molar-refractivity contribution in [2.45, 2.75) is 25.8 Å². The highest BCUT2D eigenvalue weighted by molar-refractivity contribution is 5.76. The van der Waals surface area contributed by atoms with Crippen LogP contribution in [0, 0.1) is 5.92 Å². The fourth-order valence-corrected chi connectivity index (χ4v) is 2.32. The second-order valence-electron chi connectivity index (χ2n) is 4.88. The molecule has 2 rings (SSSR count). The van der Waals surface area contributed by atoms with Crippen molar-refractivity contribution >= 4 is 12.0 Å². The Bertz CT molecular complexity index is 414. The summed E-state index contributed by atoms with van der Waals surface area (Å²) in [5, 5.41) is 11.7. The second kappa shape index (κ2) is 5.25. The van der Waals surface area contributed by atoms with Gasteiger partial charge in [0.15, 0.2) is 0 Å². The van der Waals surface area contributed by atoms with Gasteiger partial charge in [-0.3, -0.25) is 4.79 Å². The molecule has 1 aliphatic carbocycles. The van der Waals surface area contributed by atoms with Crippen LogP contribution in [0.5, 0.6) is 0 Å². The molecule has 5 heteroatoms. The molecule has 2 aliphatic rings. The van der Waals surface area contributed by atoms with Crippen LogP contribution in [0.1, 0.15) is 19.8 Å². The van der Waals surface area contributed by atoms with E-state index in [0.717, 1.165) is 13.0 Å². The maximum absolute atomic E-state index is 12.0. The standard InChI is InChI=1S/C13H18N2O3/c1-9-3-2-6-15(8-9)13(18)14-11-5-4-10(7-11)12(16)17/h3-5,10-11H,2,6-8H2,1H3,(H,14,18)(H,16,17). The molecule has 0 bridgehead atoms. The van der Waals surface area contributed by atoms with Crippen LogP contribution in [0.3, 0.4) is 0 Å². The first-order valence-electron chi connectivity index (χ1n) is 6.18. The molecule has 1 heterocycles. The Morgan fingerprint density at radius 3 is 2.83 bits per heavy atom. The zero-order chi connectivity index (χ0) is 13.1. The Morgan fingerprint density at radius 1 is 1.44 bits per heavy atom. The summed E-state index contributed by atoms with van der Waals surface area (Å²) in [4.78, 5) is 24.5. The zero-order valence-electron chi connectivity index (χ0n) is 10.4. The molecular weight excluding hydrogens is 232 g/mol. The van der Waals surface area contributed by atoms with E-state index in [1.807, 2.05) is 6.92 Å². The van der Waals surface area contributed by atoms with Crippen molar-refractivity contribution in [2.24, 2.45) is 5.92 Å². The number of nitrogens with one attached hydrogen (secondary N) is 1. The van der Waals surface area contributed by atoms with E-state index in [1.165, 1.54) is 5.57 Å². The van der Waals surface area contributed by atoms with Gasteiger partial charge >= 0.3 is 12.0 Å². The van der Waals surface area contributed by atoms with Crippen molar-refractivity contribution < 1.29 is 14.7 Å². The molecule has 2 atom stereocenters. The maximum Gasteiger partial charge on any atom is 0.318 e. The van der Waals surface area contributed by atoms with Crippen LogP contribution >= 0.6 is 0 Å². The van der Waals surface area contributed by atoms with Crippen LogP contribution in [0.2, 0.25) is 0 Å². The highest BCUT2D eigenvalue weighted by Crippen LogP contribution is 2.18. The number of aliphatic carboxylic acids is 1. The van der Waals surface area contributed by atoms with Crippen molar-refractivity contribution in [2.75, 3.05) is 13.1 Å². The number of hydrogen-bond donors (Lipinski definition) is 2. The molecule has 2 unspecified atom stereocenters. The Kier molecular flexibility index (Phi) is 3.69. The van der Waals surface area contributed by atoms with Gasteiger partial charge in [0.05, 0.1) is 12.0 Å². The molecule has 0 saturated heterocycles. The lowest BCUT2D eigenvalue weighted by Gasteiger charge is -2.27. The van der Waals surface area contributed by atoms with Gasteiger partial charge in [0, 0.05) is 13.1 Å². The van der Waals surface area contributed by atoms with Crippen molar-refractivity contribution in [1.82, 2.24) is 10.2 Å². The lowest BCUT2D eigenvalue weighted by molar-refractivity contribution is -0.140. The van der Waals surface area contributed by atoms with Crippen LogP contribution in [-0.4, -0.2) is 41.1 Å². The first-order chi connectivity index (χ1) is 8.56. The quantitative estimate of drug-likeness (QED) is 0.727. The predicted molar refractivity (Wildman–Crippen MR) is 67.1 cm³/mol. The van der Waals surface area contributed by atoms with Crippen molar-refractivity contribution in [1.29, 1.82) is 0 Å². The Balaban J connectivity index is 1.84. The average molecular weight is 250 g/mol. The fourth-order valence-electron chi connectivity index (χ4n) is 2.32. The smallest absolute Gasteiger partial charge is 0.318 e. The third kappa shape index (κ3) is 2.91. The van der Waals surface area contributed by atoms with Crippen molar-refractivity contribution in [3.05, 3.63) is 23.8 Å². The second-order valence-corrected chi connectivity index (χ2v) is 4.88. The Morgan fingerprint density at radius 2 is 2.22 bits per heavy atom. The minimum absolute atomic E-state index is 0.108. The van der Waals surface area contributed by atoms with E-state index in [-0.39, 0.29) is 12.1 Å². The van der Waals surface area contributed by atoms with Crippen LogP contribution in [0.4, 0.5) is 4.79 Å². The molecule has 1 aliphatic heterocycles. The highest BCUT2D eigenvalue weighted by Gasteiger charge is 2.27. The number of amides is 2. The van der Waals surface area contributed by atoms with Gasteiger partial charge in [0.25, 0.3) is 0 Å². The number of carboxylic acid groups (broad SMARTS) is 1. The normalized spacial score (nSPS) is 26.9. The zero-order valence-corrected chi connectivity index (χ0v) is 10.4. The van der Waals surface area contributed by atoms with Crippen molar-refractivity contribution in [3.8, 4) is 0 Å². The van der Waals surface area contributed by atoms with Crippen LogP contribution < -0.4 is 5.32 Å². The number of hydrogen-bond acceptors (Lipinski definition) is 2. The van der Waals surface area contributed by atoms with Gasteiger partial charge in [-0.2, -0.15) is 0 Å². The van der Waals surface area contributed by atoms with E-state index in [1.54, 1.807) is 17.1 Å². The summed E-state index contributed by atoms with van der Waals surface area (Å²) in [5.74, 6) is -1.31. The van der Waals surface area contributed by atoms with Crippen LogP contribution in [-0.2, 0) is 4.79 Å². The van der Waals surface area contributed by atoms with E-state index in [2.05, 4.69) is 11.4 Å². The van der Waals surface area contributed by atoms with Crippen LogP contribution in [0.25, 0.3) is 0 Å². The summed E-state index contributed by atoms with van der Waals surface area (Å²) in [7, 11) is 0. The molecule has 0 spiro atoms. The molecule has 0 aromatic heterocycles. The van der Waals surface area contributed by atoms with Gasteiger partial charge in [-0.05, 0) is 19.8 Å². The van der Waals surface area contributed by atoms with E-state index in [0.29, 0.717) is 13.0 Å². The van der Waals surface area contributed by atoms with E-state index in [4.69, 9.17) is 5.11 Å². The SMILES string of the molecule is CC1=CCCN(C(=O)NC2C=CC(C(=O)O)C2)C1. The number of carboxylic acids is 1. The van der Waals surface area contributed by atoms with Crippen LogP contribution in [0.15, 0.2) is 23.8 Å². The minimum atomic E-state index is -0.834. The molecule has 0 aromatic carbocycles. The van der Waals surface area contributed by atoms with Gasteiger partial charge in [0.2, 0.25) is 0 Å². The molecule has 18 heavy (non-hydrogen) atoms. The number of nitrogens with zero attached hydrogens (tertiary/aromatic N) is 1. The minimum Gasteiger partial charge on any atom is -0.481 e. The number of rotatable bonds is 2. The monoisotopic (exact) mass is 250 g/mol. The Hall–Kier alpha value is -1.78. The average Bonchev–Trinajstić information content (AvgIpc) is 2.77. The van der Waals surface area contributed by atoms with Gasteiger partial charge in [0.1, 0.15) is 0 Å². The maximum atomic E-state index is 12.0. The highest BCUT2D eigenvalue weighted by atomic mass is 16.4. The third-order valence-corrected chi connectivity index (χ3v) is 3.33. The molecular formula is C13H18N2O3. The Labute approximate surface area is 106 Å². The fraction of sp³-hybridized carbons (Fsp3) is 0.538. The predicted octanol–water partition coefficient (Wildman–Crippen LogP) is 1.38.